The molecule has 0 amide bonds. The van der Waals surface area contributed by atoms with Crippen LogP contribution in [0.25, 0.3) is 0 Å². The molecule has 36 heavy (non-hydrogen) atoms. The highest BCUT2D eigenvalue weighted by atomic mass is 16.5. The highest BCUT2D eigenvalue weighted by molar-refractivity contribution is 5.75. The Hall–Kier alpha value is -3.10. The number of nitrogens with zero attached hydrogens (tertiary/aromatic N) is 4. The third-order valence-electron chi connectivity index (χ3n) is 6.25. The third kappa shape index (κ3) is 7.70. The van der Waals surface area contributed by atoms with Gasteiger partial charge in [-0.15, -0.1) is 0 Å². The molecule has 202 valence electrons. The molecule has 14 nitrogen and oxygen atoms in total. The maximum Gasteiger partial charge on any atom is 0.319 e. The lowest BCUT2D eigenvalue weighted by Crippen LogP contribution is -2.56. The number of nitroso groups, excluding NO2 is 1. The second-order valence-electron chi connectivity index (χ2n) is 8.58. The van der Waals surface area contributed by atoms with Crippen molar-refractivity contribution in [2.24, 2.45) is 0 Å². The molecule has 1 aliphatic carbocycles. The van der Waals surface area contributed by atoms with Gasteiger partial charge < -0.3 is 18.9 Å². The Kier molecular flexibility index (Phi) is 11.2. The fraction of sp³-hybridized carbons (Fsp3) is 0.727. The van der Waals surface area contributed by atoms with Gasteiger partial charge in [-0.1, -0.05) is 6.42 Å². The molecule has 0 aromatic carbocycles. The van der Waals surface area contributed by atoms with Crippen molar-refractivity contribution in [1.82, 2.24) is 14.9 Å². The summed E-state index contributed by atoms with van der Waals surface area (Å²) in [5.41, 5.74) is 0.230. The molecule has 14 heteroatoms. The van der Waals surface area contributed by atoms with Gasteiger partial charge in [0.25, 0.3) is 5.70 Å². The summed E-state index contributed by atoms with van der Waals surface area (Å²) >= 11 is 0. The average molecular weight is 516 g/mol. The molecule has 0 saturated heterocycles. The number of rotatable bonds is 12. The van der Waals surface area contributed by atoms with Crippen LogP contribution in [0.1, 0.15) is 25.7 Å². The molecule has 2 rings (SSSR count). The van der Waals surface area contributed by atoms with Crippen LogP contribution in [0.15, 0.2) is 11.4 Å². The normalized spacial score (nSPS) is 19.8. The molecule has 0 aromatic rings. The van der Waals surface area contributed by atoms with Gasteiger partial charge in [0, 0.05) is 22.6 Å². The zero-order chi connectivity index (χ0) is 26.8. The minimum absolute atomic E-state index is 0.0909. The lowest BCUT2D eigenvalue weighted by atomic mass is 9.87. The Morgan fingerprint density at radius 1 is 0.806 bits per heavy atom. The quantitative estimate of drug-likeness (QED) is 0.198. The van der Waals surface area contributed by atoms with Crippen LogP contribution in [-0.4, -0.2) is 128 Å². The maximum atomic E-state index is 13.6. The first kappa shape index (κ1) is 29.1. The fourth-order valence-electron chi connectivity index (χ4n) is 4.38. The van der Waals surface area contributed by atoms with Crippen molar-refractivity contribution < 1.29 is 48.1 Å². The van der Waals surface area contributed by atoms with Gasteiger partial charge in [-0.3, -0.25) is 34.2 Å². The minimum Gasteiger partial charge on any atom is -0.468 e. The molecule has 1 saturated carbocycles. The van der Waals surface area contributed by atoms with Crippen LogP contribution in [0.5, 0.6) is 0 Å². The van der Waals surface area contributed by atoms with Gasteiger partial charge in [0.2, 0.25) is 6.04 Å². The number of carbonyl (C=O) groups excluding carboxylic acids is 4. The summed E-state index contributed by atoms with van der Waals surface area (Å²) in [7, 11) is 4.80. The van der Waals surface area contributed by atoms with Gasteiger partial charge in [0.05, 0.1) is 61.2 Å². The van der Waals surface area contributed by atoms with E-state index in [1.165, 1.54) is 38.2 Å². The van der Waals surface area contributed by atoms with Crippen LogP contribution in [-0.2, 0) is 38.1 Å². The van der Waals surface area contributed by atoms with Crippen LogP contribution in [0.2, 0.25) is 0 Å². The molecule has 1 aliphatic heterocycles. The summed E-state index contributed by atoms with van der Waals surface area (Å²) in [4.78, 5) is 64.2. The highest BCUT2D eigenvalue weighted by Crippen LogP contribution is 2.34. The Morgan fingerprint density at radius 2 is 1.22 bits per heavy atom. The zero-order valence-electron chi connectivity index (χ0n) is 21.1. The van der Waals surface area contributed by atoms with Crippen molar-refractivity contribution in [3.05, 3.63) is 16.3 Å². The lowest BCUT2D eigenvalue weighted by Gasteiger charge is -2.39. The first-order valence-corrected chi connectivity index (χ1v) is 11.5. The van der Waals surface area contributed by atoms with Gasteiger partial charge in [0.15, 0.2) is 0 Å². The van der Waals surface area contributed by atoms with Crippen molar-refractivity contribution in [1.29, 1.82) is 0 Å². The van der Waals surface area contributed by atoms with Gasteiger partial charge in [-0.05, 0) is 12.8 Å². The molecular weight excluding hydrogens is 480 g/mol. The Balaban J connectivity index is 2.49. The first-order valence-electron chi connectivity index (χ1n) is 11.5. The molecule has 2 aliphatic rings. The molecule has 0 bridgehead atoms. The predicted octanol–water partition coefficient (Wildman–Crippen LogP) is -0.711. The van der Waals surface area contributed by atoms with Crippen LogP contribution >= 0.6 is 0 Å². The molecule has 1 N–H and O–H groups in total. The minimum atomic E-state index is -0.635. The van der Waals surface area contributed by atoms with E-state index in [0.717, 1.165) is 22.7 Å². The third-order valence-corrected chi connectivity index (χ3v) is 6.25. The summed E-state index contributed by atoms with van der Waals surface area (Å²) in [5.74, 6) is -2.53. The standard InChI is InChI=1S/C22H35N4O10/c1-33-19(27)11-23(12-20(28)34-2)9-17-18(10-24(13-21(29)35-3)14-22(30)36-4)26(32)16-8-6-5-7-15(16)25(17)31/h15-16,31H,5-14H2,1-4H3/q+1/t15-,16-/m0/s1. The SMILES string of the molecule is COC(=O)CN(CC(=O)OC)CC1=C(CN(CC(=O)OC)CC(=O)OC)[N+](=O)[C@H]2CCCC[C@@H]2N1O. The van der Waals surface area contributed by atoms with E-state index in [2.05, 4.69) is 0 Å². The first-order chi connectivity index (χ1) is 17.1. The van der Waals surface area contributed by atoms with Crippen LogP contribution in [0.3, 0.4) is 0 Å². The van der Waals surface area contributed by atoms with Crippen LogP contribution < -0.4 is 0 Å². The summed E-state index contributed by atoms with van der Waals surface area (Å²) < 4.78 is 19.7. The Morgan fingerprint density at radius 3 is 1.67 bits per heavy atom. The van der Waals surface area contributed by atoms with E-state index < -0.39 is 36.0 Å². The smallest absolute Gasteiger partial charge is 0.319 e. The van der Waals surface area contributed by atoms with E-state index in [1.807, 2.05) is 0 Å². The second-order valence-corrected chi connectivity index (χ2v) is 8.58. The number of fused-ring (bicyclic) bond motifs is 1. The number of hydroxylamine groups is 2. The monoisotopic (exact) mass is 515 g/mol. The van der Waals surface area contributed by atoms with Crippen molar-refractivity contribution in [2.75, 3.05) is 67.7 Å². The molecule has 0 radical (unpaired) electrons. The summed E-state index contributed by atoms with van der Waals surface area (Å²) in [6.45, 7) is -1.63. The molecule has 1 fully saturated rings. The highest BCUT2D eigenvalue weighted by Gasteiger charge is 2.50. The second kappa shape index (κ2) is 13.8. The van der Waals surface area contributed by atoms with Gasteiger partial charge in [-0.25, -0.2) is 5.06 Å². The van der Waals surface area contributed by atoms with E-state index in [9.17, 15) is 29.3 Å². The largest absolute Gasteiger partial charge is 0.468 e. The van der Waals surface area contributed by atoms with E-state index in [-0.39, 0.29) is 50.7 Å². The van der Waals surface area contributed by atoms with Crippen LogP contribution in [0, 0.1) is 4.91 Å². The van der Waals surface area contributed by atoms with Gasteiger partial charge in [0.1, 0.15) is 11.7 Å². The zero-order valence-corrected chi connectivity index (χ0v) is 21.1. The summed E-state index contributed by atoms with van der Waals surface area (Å²) in [6.07, 6.45) is 2.74. The number of methoxy groups -OCH3 is 4. The summed E-state index contributed by atoms with van der Waals surface area (Å²) in [5, 5.41) is 12.2. The molecule has 0 spiro atoms. The molecular formula is C22H35N4O10+. The van der Waals surface area contributed by atoms with Crippen molar-refractivity contribution in [3.8, 4) is 0 Å². The van der Waals surface area contributed by atoms with E-state index >= 15 is 0 Å². The van der Waals surface area contributed by atoms with Gasteiger partial charge in [-0.2, -0.15) is 0 Å². The number of hydrogen-bond donors (Lipinski definition) is 1. The predicted molar refractivity (Wildman–Crippen MR) is 121 cm³/mol. The Labute approximate surface area is 209 Å². The fourth-order valence-corrected chi connectivity index (χ4v) is 4.38. The number of hydrogen-bond acceptors (Lipinski definition) is 13. The van der Waals surface area contributed by atoms with Crippen LogP contribution in [0.4, 0.5) is 0 Å². The number of esters is 4. The van der Waals surface area contributed by atoms with Gasteiger partial charge >= 0.3 is 23.9 Å². The van der Waals surface area contributed by atoms with Crippen molar-refractivity contribution >= 4 is 23.9 Å². The van der Waals surface area contributed by atoms with E-state index in [0.29, 0.717) is 12.8 Å². The van der Waals surface area contributed by atoms with E-state index in [1.54, 1.807) is 0 Å². The molecule has 0 aromatic heterocycles. The summed E-state index contributed by atoms with van der Waals surface area (Å²) in [6, 6.07) is -1.04. The Bertz CT molecular complexity index is 841. The van der Waals surface area contributed by atoms with Crippen molar-refractivity contribution in [3.63, 3.8) is 0 Å². The number of carbonyl (C=O) groups is 4. The maximum absolute atomic E-state index is 13.6. The molecule has 0 unspecified atom stereocenters. The topological polar surface area (TPSA) is 155 Å². The molecule has 2 atom stereocenters. The van der Waals surface area contributed by atoms with E-state index in [4.69, 9.17) is 18.9 Å². The number of ether oxygens (including phenoxy) is 4. The van der Waals surface area contributed by atoms with Crippen molar-refractivity contribution in [2.45, 2.75) is 37.8 Å². The lowest BCUT2D eigenvalue weighted by molar-refractivity contribution is -0.567. The molecule has 1 heterocycles. The average Bonchev–Trinajstić information content (AvgIpc) is 2.88.